The summed E-state index contributed by atoms with van der Waals surface area (Å²) in [4.78, 5) is 2.31. The van der Waals surface area contributed by atoms with Crippen molar-refractivity contribution < 1.29 is 9.47 Å². The zero-order chi connectivity index (χ0) is 16.7. The van der Waals surface area contributed by atoms with Crippen LogP contribution in [0.2, 0.25) is 0 Å². The molecule has 0 aromatic carbocycles. The van der Waals surface area contributed by atoms with E-state index in [1.54, 1.807) is 0 Å². The summed E-state index contributed by atoms with van der Waals surface area (Å²) in [5.41, 5.74) is 0.249. The molecule has 128 valence electrons. The molecule has 1 aliphatic heterocycles. The Labute approximate surface area is 133 Å². The van der Waals surface area contributed by atoms with Gasteiger partial charge < -0.3 is 9.47 Å². The fourth-order valence-corrected chi connectivity index (χ4v) is 3.06. The molecule has 1 saturated heterocycles. The van der Waals surface area contributed by atoms with Crippen LogP contribution in [0.5, 0.6) is 0 Å². The Bertz CT molecular complexity index is 276. The minimum atomic E-state index is -0.166. The molecular formula is C18H39NO2. The molecule has 3 heteroatoms. The summed E-state index contributed by atoms with van der Waals surface area (Å²) in [6, 6.07) is 0.373. The smallest absolute Gasteiger partial charge is 0.116 e. The Hall–Kier alpha value is -0.120. The zero-order valence-electron chi connectivity index (χ0n) is 16.0. The number of hydrogen-bond donors (Lipinski definition) is 0. The lowest BCUT2D eigenvalue weighted by molar-refractivity contribution is -0.0496. The second-order valence-electron chi connectivity index (χ2n) is 7.16. The summed E-state index contributed by atoms with van der Waals surface area (Å²) in [5.74, 6) is 0. The molecule has 2 atom stereocenters. The minimum absolute atomic E-state index is 0.166. The number of nitrogens with zero attached hydrogens (tertiary/aromatic N) is 1. The molecule has 0 amide bonds. The van der Waals surface area contributed by atoms with Gasteiger partial charge in [-0.1, -0.05) is 41.0 Å². The highest BCUT2D eigenvalue weighted by Crippen LogP contribution is 2.33. The normalized spacial score (nSPS) is 23.6. The van der Waals surface area contributed by atoms with Gasteiger partial charge in [-0.3, -0.25) is 4.90 Å². The molecule has 0 radical (unpaired) electrons. The van der Waals surface area contributed by atoms with E-state index < -0.39 is 0 Å². The molecule has 0 aliphatic carbocycles. The minimum Gasteiger partial charge on any atom is -0.380 e. The highest BCUT2D eigenvalue weighted by Gasteiger charge is 2.41. The Morgan fingerprint density at radius 2 is 1.86 bits per heavy atom. The molecule has 3 nitrogen and oxygen atoms in total. The van der Waals surface area contributed by atoms with Crippen molar-refractivity contribution in [1.82, 2.24) is 4.90 Å². The first-order valence-corrected chi connectivity index (χ1v) is 8.63. The summed E-state index contributed by atoms with van der Waals surface area (Å²) >= 11 is 0. The van der Waals surface area contributed by atoms with E-state index in [1.807, 2.05) is 21.0 Å². The van der Waals surface area contributed by atoms with Crippen molar-refractivity contribution >= 4 is 0 Å². The first-order valence-electron chi connectivity index (χ1n) is 8.63. The van der Waals surface area contributed by atoms with E-state index in [-0.39, 0.29) is 11.8 Å². The first-order chi connectivity index (χ1) is 9.73. The Kier molecular flexibility index (Phi) is 9.06. The highest BCUT2D eigenvalue weighted by atomic mass is 16.5. The van der Waals surface area contributed by atoms with Gasteiger partial charge in [0, 0.05) is 7.11 Å². The van der Waals surface area contributed by atoms with Crippen LogP contribution in [0.15, 0.2) is 0 Å². The van der Waals surface area contributed by atoms with Crippen LogP contribution in [0, 0.1) is 5.41 Å². The van der Waals surface area contributed by atoms with Crippen molar-refractivity contribution in [2.45, 2.75) is 92.0 Å². The Morgan fingerprint density at radius 1 is 1.29 bits per heavy atom. The van der Waals surface area contributed by atoms with Gasteiger partial charge >= 0.3 is 0 Å². The van der Waals surface area contributed by atoms with E-state index in [0.29, 0.717) is 11.5 Å². The maximum absolute atomic E-state index is 5.87. The topological polar surface area (TPSA) is 21.7 Å². The van der Waals surface area contributed by atoms with Crippen molar-refractivity contribution in [2.75, 3.05) is 20.8 Å². The van der Waals surface area contributed by atoms with Crippen LogP contribution in [0.1, 0.15) is 74.1 Å². The number of hydrogen-bond acceptors (Lipinski definition) is 3. The van der Waals surface area contributed by atoms with E-state index in [0.717, 1.165) is 13.0 Å². The molecular weight excluding hydrogens is 262 g/mol. The third-order valence-electron chi connectivity index (χ3n) is 4.72. The predicted octanol–water partition coefficient (Wildman–Crippen LogP) is 4.70. The van der Waals surface area contributed by atoms with Gasteiger partial charge in [0.15, 0.2) is 0 Å². The van der Waals surface area contributed by atoms with Gasteiger partial charge in [-0.25, -0.2) is 0 Å². The maximum atomic E-state index is 5.87. The van der Waals surface area contributed by atoms with E-state index in [2.05, 4.69) is 46.6 Å². The highest BCUT2D eigenvalue weighted by molar-refractivity contribution is 4.90. The van der Waals surface area contributed by atoms with E-state index in [1.165, 1.54) is 19.3 Å². The van der Waals surface area contributed by atoms with Gasteiger partial charge in [0.05, 0.1) is 18.8 Å². The summed E-state index contributed by atoms with van der Waals surface area (Å²) in [7, 11) is 3.97. The van der Waals surface area contributed by atoms with Crippen LogP contribution in [0.3, 0.4) is 0 Å². The van der Waals surface area contributed by atoms with Crippen LogP contribution >= 0.6 is 0 Å². The van der Waals surface area contributed by atoms with E-state index in [4.69, 9.17) is 9.47 Å². The second-order valence-corrected chi connectivity index (χ2v) is 7.16. The number of rotatable bonds is 7. The molecule has 1 fully saturated rings. The maximum Gasteiger partial charge on any atom is 0.116 e. The standard InChI is InChI=1S/C16H33NO2.C2H6/c1-8-10-15(2,3)11-9-14(18-7)13-12-19-16(4,5)17(13)6;1-2/h13-14H,8-12H2,1-7H3;1-2H3. The van der Waals surface area contributed by atoms with Crippen LogP contribution < -0.4 is 0 Å². The first kappa shape index (κ1) is 20.9. The number of ether oxygens (including phenoxy) is 2. The largest absolute Gasteiger partial charge is 0.380 e. The molecule has 0 saturated carbocycles. The van der Waals surface area contributed by atoms with Gasteiger partial charge in [0.2, 0.25) is 0 Å². The van der Waals surface area contributed by atoms with Crippen LogP contribution in [0.25, 0.3) is 0 Å². The lowest BCUT2D eigenvalue weighted by atomic mass is 9.82. The van der Waals surface area contributed by atoms with Gasteiger partial charge in [-0.05, 0) is 45.6 Å². The quantitative estimate of drug-likeness (QED) is 0.680. The molecule has 2 unspecified atom stereocenters. The molecule has 1 aliphatic rings. The van der Waals surface area contributed by atoms with E-state index >= 15 is 0 Å². The molecule has 0 aromatic rings. The fraction of sp³-hybridized carbons (Fsp3) is 1.00. The average Bonchev–Trinajstić information content (AvgIpc) is 2.69. The average molecular weight is 302 g/mol. The molecule has 0 spiro atoms. The molecule has 1 heterocycles. The van der Waals surface area contributed by atoms with Crippen molar-refractivity contribution in [1.29, 1.82) is 0 Å². The van der Waals surface area contributed by atoms with Crippen molar-refractivity contribution in [2.24, 2.45) is 5.41 Å². The fourth-order valence-electron chi connectivity index (χ4n) is 3.06. The third kappa shape index (κ3) is 6.25. The Balaban J connectivity index is 0.00000191. The van der Waals surface area contributed by atoms with Crippen LogP contribution in [-0.4, -0.2) is 43.5 Å². The van der Waals surface area contributed by atoms with Gasteiger partial charge in [0.25, 0.3) is 0 Å². The van der Waals surface area contributed by atoms with E-state index in [9.17, 15) is 0 Å². The molecule has 21 heavy (non-hydrogen) atoms. The molecule has 1 rings (SSSR count). The van der Waals surface area contributed by atoms with Gasteiger partial charge in [0.1, 0.15) is 5.72 Å². The SMILES string of the molecule is CC.CCCC(C)(C)CCC(OC)C1COC(C)(C)N1C. The summed E-state index contributed by atoms with van der Waals surface area (Å²) in [5, 5.41) is 0. The number of methoxy groups -OCH3 is 1. The lowest BCUT2D eigenvalue weighted by Gasteiger charge is -2.34. The zero-order valence-corrected chi connectivity index (χ0v) is 16.0. The van der Waals surface area contributed by atoms with Gasteiger partial charge in [-0.15, -0.1) is 0 Å². The Morgan fingerprint density at radius 3 is 2.24 bits per heavy atom. The predicted molar refractivity (Wildman–Crippen MR) is 91.7 cm³/mol. The molecule has 0 bridgehead atoms. The second kappa shape index (κ2) is 9.12. The van der Waals surface area contributed by atoms with Gasteiger partial charge in [-0.2, -0.15) is 0 Å². The molecule has 0 N–H and O–H groups in total. The summed E-state index contributed by atoms with van der Waals surface area (Å²) in [6.07, 6.45) is 5.13. The van der Waals surface area contributed by atoms with Crippen molar-refractivity contribution in [3.8, 4) is 0 Å². The number of likely N-dealkylation sites (N-methyl/N-ethyl adjacent to an activating group) is 1. The van der Waals surface area contributed by atoms with Crippen molar-refractivity contribution in [3.63, 3.8) is 0 Å². The monoisotopic (exact) mass is 301 g/mol. The van der Waals surface area contributed by atoms with Crippen LogP contribution in [-0.2, 0) is 9.47 Å². The van der Waals surface area contributed by atoms with Crippen molar-refractivity contribution in [3.05, 3.63) is 0 Å². The van der Waals surface area contributed by atoms with Crippen LogP contribution in [0.4, 0.5) is 0 Å². The lowest BCUT2D eigenvalue weighted by Crippen LogP contribution is -2.46. The third-order valence-corrected chi connectivity index (χ3v) is 4.72. The summed E-state index contributed by atoms with van der Waals surface area (Å²) in [6.45, 7) is 16.0. The summed E-state index contributed by atoms with van der Waals surface area (Å²) < 4.78 is 11.6. The molecule has 0 aromatic heterocycles.